The molecule has 1 aliphatic rings. The number of rotatable bonds is 3. The number of piperazine rings is 1. The number of nitrogens with zero attached hydrogens (tertiary/aromatic N) is 2. The highest BCUT2D eigenvalue weighted by Gasteiger charge is 2.24. The third kappa shape index (κ3) is 3.22. The molecule has 1 fully saturated rings. The second kappa shape index (κ2) is 6.10. The number of aryl methyl sites for hydroxylation is 1. The van der Waals surface area contributed by atoms with E-state index < -0.39 is 0 Å². The van der Waals surface area contributed by atoms with Crippen LogP contribution >= 0.6 is 0 Å². The Labute approximate surface area is 131 Å². The zero-order valence-electron chi connectivity index (χ0n) is 12.8. The lowest BCUT2D eigenvalue weighted by atomic mass is 10.1. The molecule has 2 N–H and O–H groups in total. The normalized spacial score (nSPS) is 15.2. The summed E-state index contributed by atoms with van der Waals surface area (Å²) >= 11 is 0. The first kappa shape index (κ1) is 14.4. The van der Waals surface area contributed by atoms with Gasteiger partial charge in [-0.2, -0.15) is 0 Å². The molecule has 1 saturated heterocycles. The summed E-state index contributed by atoms with van der Waals surface area (Å²) in [5.41, 5.74) is 9.92. The van der Waals surface area contributed by atoms with E-state index in [-0.39, 0.29) is 5.91 Å². The average Bonchev–Trinajstić information content (AvgIpc) is 2.50. The molecule has 22 heavy (non-hydrogen) atoms. The van der Waals surface area contributed by atoms with Crippen LogP contribution < -0.4 is 10.6 Å². The molecule has 0 aliphatic carbocycles. The number of nitrogens with two attached hydrogens (primary N) is 1. The van der Waals surface area contributed by atoms with Gasteiger partial charge in [0.25, 0.3) is 0 Å². The van der Waals surface area contributed by atoms with Crippen LogP contribution in [0.4, 0.5) is 11.4 Å². The minimum Gasteiger partial charge on any atom is -0.399 e. The quantitative estimate of drug-likeness (QED) is 0.885. The number of benzene rings is 2. The predicted molar refractivity (Wildman–Crippen MR) is 89.7 cm³/mol. The van der Waals surface area contributed by atoms with Crippen LogP contribution in [-0.4, -0.2) is 30.4 Å². The molecule has 4 heteroatoms. The summed E-state index contributed by atoms with van der Waals surface area (Å²) in [4.78, 5) is 16.4. The van der Waals surface area contributed by atoms with E-state index in [1.165, 1.54) is 11.1 Å². The molecule has 1 amide bonds. The van der Waals surface area contributed by atoms with Crippen LogP contribution in [0, 0.1) is 6.92 Å². The Morgan fingerprint density at radius 1 is 1.09 bits per heavy atom. The highest BCUT2D eigenvalue weighted by molar-refractivity contribution is 5.83. The van der Waals surface area contributed by atoms with Gasteiger partial charge in [0.05, 0.1) is 6.54 Å². The molecule has 1 aliphatic heterocycles. The van der Waals surface area contributed by atoms with Crippen LogP contribution in [0.2, 0.25) is 0 Å². The van der Waals surface area contributed by atoms with E-state index in [4.69, 9.17) is 5.73 Å². The third-order valence-electron chi connectivity index (χ3n) is 4.03. The lowest BCUT2D eigenvalue weighted by molar-refractivity contribution is -0.131. The summed E-state index contributed by atoms with van der Waals surface area (Å²) in [6.45, 7) is 4.79. The first-order valence-electron chi connectivity index (χ1n) is 7.55. The van der Waals surface area contributed by atoms with Crippen LogP contribution in [-0.2, 0) is 11.3 Å². The molecule has 0 aromatic heterocycles. The van der Waals surface area contributed by atoms with Gasteiger partial charge in [-0.1, -0.05) is 29.8 Å². The second-order valence-corrected chi connectivity index (χ2v) is 5.82. The molecule has 114 valence electrons. The van der Waals surface area contributed by atoms with Crippen molar-refractivity contribution in [3.63, 3.8) is 0 Å². The molecule has 3 rings (SSSR count). The molecule has 4 nitrogen and oxygen atoms in total. The fourth-order valence-electron chi connectivity index (χ4n) is 2.81. The molecular weight excluding hydrogens is 274 g/mol. The highest BCUT2D eigenvalue weighted by atomic mass is 16.2. The Hall–Kier alpha value is -2.49. The summed E-state index contributed by atoms with van der Waals surface area (Å²) in [5, 5.41) is 0. The molecule has 1 heterocycles. The van der Waals surface area contributed by atoms with Gasteiger partial charge in [0.2, 0.25) is 5.91 Å². The third-order valence-corrected chi connectivity index (χ3v) is 4.03. The van der Waals surface area contributed by atoms with E-state index in [1.54, 1.807) is 0 Å². The number of anilines is 2. The Kier molecular flexibility index (Phi) is 4.00. The lowest BCUT2D eigenvalue weighted by Crippen LogP contribution is -2.50. The van der Waals surface area contributed by atoms with Gasteiger partial charge in [-0.25, -0.2) is 0 Å². The molecular formula is C18H21N3O. The summed E-state index contributed by atoms with van der Waals surface area (Å²) in [5.74, 6) is 0.171. The Bertz CT molecular complexity index is 666. The first-order chi connectivity index (χ1) is 10.6. The van der Waals surface area contributed by atoms with Crippen molar-refractivity contribution in [2.45, 2.75) is 13.5 Å². The van der Waals surface area contributed by atoms with E-state index in [9.17, 15) is 4.79 Å². The number of carbonyl (C=O) groups excluding carboxylic acids is 1. The molecule has 2 aromatic rings. The van der Waals surface area contributed by atoms with Crippen molar-refractivity contribution in [2.75, 3.05) is 30.3 Å². The maximum absolute atomic E-state index is 12.4. The number of hydrogen-bond donors (Lipinski definition) is 1. The van der Waals surface area contributed by atoms with E-state index >= 15 is 0 Å². The number of amides is 1. The van der Waals surface area contributed by atoms with Crippen molar-refractivity contribution in [2.24, 2.45) is 0 Å². The summed E-state index contributed by atoms with van der Waals surface area (Å²) in [7, 11) is 0. The predicted octanol–water partition coefficient (Wildman–Crippen LogP) is 2.43. The van der Waals surface area contributed by atoms with E-state index in [1.807, 2.05) is 35.2 Å². The molecule has 0 bridgehead atoms. The minimum absolute atomic E-state index is 0.171. The smallest absolute Gasteiger partial charge is 0.242 e. The van der Waals surface area contributed by atoms with Crippen LogP contribution in [0.25, 0.3) is 0 Å². The highest BCUT2D eigenvalue weighted by Crippen LogP contribution is 2.19. The summed E-state index contributed by atoms with van der Waals surface area (Å²) in [6, 6.07) is 16.0. The van der Waals surface area contributed by atoms with Crippen molar-refractivity contribution in [1.82, 2.24) is 4.90 Å². The fraction of sp³-hybridized carbons (Fsp3) is 0.278. The van der Waals surface area contributed by atoms with Gasteiger partial charge in [-0.15, -0.1) is 0 Å². The molecule has 0 spiro atoms. The van der Waals surface area contributed by atoms with Crippen molar-refractivity contribution in [3.8, 4) is 0 Å². The van der Waals surface area contributed by atoms with Gasteiger partial charge in [-0.05, 0) is 36.8 Å². The zero-order valence-corrected chi connectivity index (χ0v) is 12.8. The largest absolute Gasteiger partial charge is 0.399 e. The van der Waals surface area contributed by atoms with E-state index in [2.05, 4.69) is 30.0 Å². The van der Waals surface area contributed by atoms with Crippen molar-refractivity contribution in [3.05, 3.63) is 59.7 Å². The van der Waals surface area contributed by atoms with Gasteiger partial charge >= 0.3 is 0 Å². The van der Waals surface area contributed by atoms with Gasteiger partial charge < -0.3 is 15.5 Å². The Morgan fingerprint density at radius 3 is 2.55 bits per heavy atom. The van der Waals surface area contributed by atoms with Gasteiger partial charge in [0, 0.05) is 31.0 Å². The fourth-order valence-corrected chi connectivity index (χ4v) is 2.81. The minimum atomic E-state index is 0.171. The van der Waals surface area contributed by atoms with Gasteiger partial charge in [0.1, 0.15) is 0 Å². The average molecular weight is 295 g/mol. The topological polar surface area (TPSA) is 49.6 Å². The van der Waals surface area contributed by atoms with Crippen LogP contribution in [0.5, 0.6) is 0 Å². The zero-order chi connectivity index (χ0) is 15.5. The van der Waals surface area contributed by atoms with Crippen molar-refractivity contribution >= 4 is 17.3 Å². The Morgan fingerprint density at radius 2 is 1.86 bits per heavy atom. The molecule has 0 saturated carbocycles. The monoisotopic (exact) mass is 295 g/mol. The second-order valence-electron chi connectivity index (χ2n) is 5.82. The maximum Gasteiger partial charge on any atom is 0.242 e. The molecule has 0 unspecified atom stereocenters. The van der Waals surface area contributed by atoms with Crippen LogP contribution in [0.15, 0.2) is 48.5 Å². The van der Waals surface area contributed by atoms with Gasteiger partial charge in [-0.3, -0.25) is 4.79 Å². The van der Waals surface area contributed by atoms with Gasteiger partial charge in [0.15, 0.2) is 0 Å². The SMILES string of the molecule is Cc1cccc(CN2CCN(c3ccc(N)cc3)CC2=O)c1. The van der Waals surface area contributed by atoms with Crippen molar-refractivity contribution in [1.29, 1.82) is 0 Å². The standard InChI is InChI=1S/C18H21N3O/c1-14-3-2-4-15(11-14)12-21-10-9-20(13-18(21)22)17-7-5-16(19)6-8-17/h2-8,11H,9-10,12-13,19H2,1H3. The summed E-state index contributed by atoms with van der Waals surface area (Å²) < 4.78 is 0. The Balaban J connectivity index is 1.65. The first-order valence-corrected chi connectivity index (χ1v) is 7.55. The number of carbonyl (C=O) groups is 1. The molecule has 0 atom stereocenters. The van der Waals surface area contributed by atoms with Crippen LogP contribution in [0.1, 0.15) is 11.1 Å². The molecule has 2 aromatic carbocycles. The van der Waals surface area contributed by atoms with E-state index in [0.717, 1.165) is 24.5 Å². The van der Waals surface area contributed by atoms with Crippen molar-refractivity contribution < 1.29 is 4.79 Å². The molecule has 0 radical (unpaired) electrons. The number of nitrogen functional groups attached to an aromatic ring is 1. The lowest BCUT2D eigenvalue weighted by Gasteiger charge is -2.35. The van der Waals surface area contributed by atoms with E-state index in [0.29, 0.717) is 13.1 Å². The summed E-state index contributed by atoms with van der Waals surface area (Å²) in [6.07, 6.45) is 0. The van der Waals surface area contributed by atoms with Crippen LogP contribution in [0.3, 0.4) is 0 Å². The maximum atomic E-state index is 12.4. The number of hydrogen-bond acceptors (Lipinski definition) is 3.